The Morgan fingerprint density at radius 2 is 2.29 bits per heavy atom. The first-order chi connectivity index (χ1) is 6.72. The van der Waals surface area contributed by atoms with Crippen molar-refractivity contribution in [1.82, 2.24) is 0 Å². The van der Waals surface area contributed by atoms with E-state index in [1.54, 1.807) is 0 Å². The van der Waals surface area contributed by atoms with Crippen molar-refractivity contribution in [3.8, 4) is 12.3 Å². The molecule has 0 bridgehead atoms. The Kier molecular flexibility index (Phi) is 2.17. The molecule has 1 aliphatic rings. The molecule has 0 saturated heterocycles. The van der Waals surface area contributed by atoms with Crippen molar-refractivity contribution >= 4 is 5.57 Å². The predicted molar refractivity (Wildman–Crippen MR) is 61.1 cm³/mol. The fraction of sp³-hybridized carbons (Fsp3) is 0.286. The van der Waals surface area contributed by atoms with Crippen molar-refractivity contribution in [1.29, 1.82) is 0 Å². The van der Waals surface area contributed by atoms with Gasteiger partial charge in [-0.3, -0.25) is 0 Å². The van der Waals surface area contributed by atoms with Crippen molar-refractivity contribution in [3.63, 3.8) is 0 Å². The third-order valence-electron chi connectivity index (χ3n) is 3.01. The zero-order valence-electron chi connectivity index (χ0n) is 8.51. The first-order valence-corrected chi connectivity index (χ1v) is 5.01. The van der Waals surface area contributed by atoms with Gasteiger partial charge in [0, 0.05) is 5.56 Å². The smallest absolute Gasteiger partial charge is 0.0245 e. The summed E-state index contributed by atoms with van der Waals surface area (Å²) in [7, 11) is 0. The van der Waals surface area contributed by atoms with Gasteiger partial charge in [-0.1, -0.05) is 25.5 Å². The minimum Gasteiger partial charge on any atom is -0.115 e. The molecule has 1 unspecified atom stereocenters. The zero-order valence-corrected chi connectivity index (χ0v) is 8.51. The quantitative estimate of drug-likeness (QED) is 0.538. The van der Waals surface area contributed by atoms with E-state index in [0.29, 0.717) is 5.92 Å². The minimum absolute atomic E-state index is 0.615. The molecule has 70 valence electrons. The SMILES string of the molecule is C#Cc1ccc2c(c1)C(C)CCC2=C. The number of benzene rings is 1. The number of terminal acetylenes is 1. The molecular weight excluding hydrogens is 168 g/mol. The Hall–Kier alpha value is -1.48. The van der Waals surface area contributed by atoms with Crippen LogP contribution in [0.4, 0.5) is 0 Å². The van der Waals surface area contributed by atoms with E-state index in [9.17, 15) is 0 Å². The van der Waals surface area contributed by atoms with Crippen molar-refractivity contribution in [2.45, 2.75) is 25.7 Å². The first kappa shape index (κ1) is 9.09. The molecule has 0 heterocycles. The maximum atomic E-state index is 5.39. The number of hydrogen-bond donors (Lipinski definition) is 0. The average Bonchev–Trinajstić information content (AvgIpc) is 2.23. The lowest BCUT2D eigenvalue weighted by atomic mass is 9.81. The third kappa shape index (κ3) is 1.36. The summed E-state index contributed by atoms with van der Waals surface area (Å²) in [6.45, 7) is 6.35. The van der Waals surface area contributed by atoms with Crippen molar-refractivity contribution in [2.75, 3.05) is 0 Å². The van der Waals surface area contributed by atoms with Gasteiger partial charge in [-0.2, -0.15) is 0 Å². The van der Waals surface area contributed by atoms with Crippen LogP contribution >= 0.6 is 0 Å². The van der Waals surface area contributed by atoms with Gasteiger partial charge in [-0.05, 0) is 47.6 Å². The van der Waals surface area contributed by atoms with Gasteiger partial charge in [-0.25, -0.2) is 0 Å². The average molecular weight is 182 g/mol. The van der Waals surface area contributed by atoms with E-state index in [-0.39, 0.29) is 0 Å². The summed E-state index contributed by atoms with van der Waals surface area (Å²) in [6, 6.07) is 6.24. The highest BCUT2D eigenvalue weighted by Gasteiger charge is 2.18. The highest BCUT2D eigenvalue weighted by molar-refractivity contribution is 5.69. The van der Waals surface area contributed by atoms with Gasteiger partial charge in [0.15, 0.2) is 0 Å². The topological polar surface area (TPSA) is 0 Å². The second-order valence-electron chi connectivity index (χ2n) is 3.99. The molecule has 0 radical (unpaired) electrons. The lowest BCUT2D eigenvalue weighted by Crippen LogP contribution is -2.05. The van der Waals surface area contributed by atoms with Crippen LogP contribution in [0.3, 0.4) is 0 Å². The fourth-order valence-electron chi connectivity index (χ4n) is 2.06. The van der Waals surface area contributed by atoms with Crippen molar-refractivity contribution < 1.29 is 0 Å². The molecule has 0 saturated carbocycles. The van der Waals surface area contributed by atoms with E-state index in [1.807, 2.05) is 6.07 Å². The minimum atomic E-state index is 0.615. The summed E-state index contributed by atoms with van der Waals surface area (Å²) in [5.41, 5.74) is 4.91. The van der Waals surface area contributed by atoms with Crippen LogP contribution in [-0.2, 0) is 0 Å². The Morgan fingerprint density at radius 3 is 3.00 bits per heavy atom. The molecule has 0 nitrogen and oxygen atoms in total. The lowest BCUT2D eigenvalue weighted by molar-refractivity contribution is 0.675. The molecule has 0 N–H and O–H groups in total. The van der Waals surface area contributed by atoms with E-state index in [0.717, 1.165) is 12.0 Å². The van der Waals surface area contributed by atoms with Gasteiger partial charge in [0.05, 0.1) is 0 Å². The summed E-state index contributed by atoms with van der Waals surface area (Å²) in [5.74, 6) is 3.30. The van der Waals surface area contributed by atoms with Gasteiger partial charge >= 0.3 is 0 Å². The van der Waals surface area contributed by atoms with Gasteiger partial charge < -0.3 is 0 Å². The normalized spacial score (nSPS) is 20.0. The molecule has 2 rings (SSSR count). The molecule has 0 aromatic heterocycles. The maximum absolute atomic E-state index is 5.39. The van der Waals surface area contributed by atoms with Crippen LogP contribution in [0.5, 0.6) is 0 Å². The molecule has 0 amide bonds. The molecule has 1 aromatic rings. The Labute approximate surface area is 85.7 Å². The Balaban J connectivity index is 2.57. The van der Waals surface area contributed by atoms with E-state index < -0.39 is 0 Å². The van der Waals surface area contributed by atoms with E-state index in [2.05, 4.69) is 31.6 Å². The van der Waals surface area contributed by atoms with Crippen LogP contribution in [0.2, 0.25) is 0 Å². The lowest BCUT2D eigenvalue weighted by Gasteiger charge is -2.24. The van der Waals surface area contributed by atoms with Crippen LogP contribution < -0.4 is 0 Å². The second-order valence-corrected chi connectivity index (χ2v) is 3.99. The highest BCUT2D eigenvalue weighted by atomic mass is 14.2. The summed E-state index contributed by atoms with van der Waals surface area (Å²) < 4.78 is 0. The molecule has 0 aliphatic heterocycles. The Morgan fingerprint density at radius 1 is 1.50 bits per heavy atom. The van der Waals surface area contributed by atoms with Crippen molar-refractivity contribution in [3.05, 3.63) is 41.5 Å². The number of rotatable bonds is 0. The van der Waals surface area contributed by atoms with Crippen LogP contribution in [0, 0.1) is 12.3 Å². The Bertz CT molecular complexity index is 418. The van der Waals surface area contributed by atoms with E-state index >= 15 is 0 Å². The van der Waals surface area contributed by atoms with Crippen LogP contribution in [0.1, 0.15) is 42.4 Å². The van der Waals surface area contributed by atoms with E-state index in [1.165, 1.54) is 23.1 Å². The molecule has 1 atom stereocenters. The van der Waals surface area contributed by atoms with Gasteiger partial charge in [0.25, 0.3) is 0 Å². The van der Waals surface area contributed by atoms with Gasteiger partial charge in [0.2, 0.25) is 0 Å². The molecule has 0 heteroatoms. The molecular formula is C14H14. The molecule has 0 spiro atoms. The molecule has 0 fully saturated rings. The summed E-state index contributed by atoms with van der Waals surface area (Å²) in [5, 5.41) is 0. The first-order valence-electron chi connectivity index (χ1n) is 5.01. The highest BCUT2D eigenvalue weighted by Crippen LogP contribution is 2.37. The van der Waals surface area contributed by atoms with E-state index in [4.69, 9.17) is 6.42 Å². The predicted octanol–water partition coefficient (Wildman–Crippen LogP) is 3.58. The number of hydrogen-bond acceptors (Lipinski definition) is 0. The van der Waals surface area contributed by atoms with Crippen LogP contribution in [0.15, 0.2) is 24.8 Å². The maximum Gasteiger partial charge on any atom is 0.0245 e. The summed E-state index contributed by atoms with van der Waals surface area (Å²) in [6.07, 6.45) is 7.70. The third-order valence-corrected chi connectivity index (χ3v) is 3.01. The number of allylic oxidation sites excluding steroid dienone is 1. The van der Waals surface area contributed by atoms with Gasteiger partial charge in [0.1, 0.15) is 0 Å². The molecule has 14 heavy (non-hydrogen) atoms. The molecule has 1 aliphatic carbocycles. The number of fused-ring (bicyclic) bond motifs is 1. The second kappa shape index (κ2) is 3.35. The standard InChI is InChI=1S/C14H14/c1-4-12-7-8-13-10(2)5-6-11(3)14(13)9-12/h1,7-9,11H,2,5-6H2,3H3. The summed E-state index contributed by atoms with van der Waals surface area (Å²) >= 11 is 0. The fourth-order valence-corrected chi connectivity index (χ4v) is 2.06. The largest absolute Gasteiger partial charge is 0.115 e. The van der Waals surface area contributed by atoms with Gasteiger partial charge in [-0.15, -0.1) is 6.42 Å². The van der Waals surface area contributed by atoms with Crippen LogP contribution in [0.25, 0.3) is 5.57 Å². The zero-order chi connectivity index (χ0) is 10.1. The molecule has 1 aromatic carbocycles. The summed E-state index contributed by atoms with van der Waals surface area (Å²) in [4.78, 5) is 0. The van der Waals surface area contributed by atoms with Crippen LogP contribution in [-0.4, -0.2) is 0 Å². The van der Waals surface area contributed by atoms with Crippen molar-refractivity contribution in [2.24, 2.45) is 0 Å². The monoisotopic (exact) mass is 182 g/mol.